The summed E-state index contributed by atoms with van der Waals surface area (Å²) in [6, 6.07) is 0.861. The lowest BCUT2D eigenvalue weighted by Gasteiger charge is -2.17. The molecule has 1 aliphatic rings. The van der Waals surface area contributed by atoms with Crippen LogP contribution in [-0.2, 0) is 0 Å². The highest BCUT2D eigenvalue weighted by atomic mass is 15.2. The quantitative estimate of drug-likeness (QED) is 0.565. The van der Waals surface area contributed by atoms with Crippen LogP contribution >= 0.6 is 0 Å². The van der Waals surface area contributed by atoms with Crippen LogP contribution in [0.2, 0.25) is 0 Å². The summed E-state index contributed by atoms with van der Waals surface area (Å²) in [7, 11) is 0. The first kappa shape index (κ1) is 11.0. The second-order valence-electron chi connectivity index (χ2n) is 3.33. The summed E-state index contributed by atoms with van der Waals surface area (Å²) in [5.41, 5.74) is 0. The average Bonchev–Trinajstić information content (AvgIpc) is 2.36. The van der Waals surface area contributed by atoms with Gasteiger partial charge in [0, 0.05) is 6.04 Å². The molecule has 1 nitrogen and oxygen atoms in total. The lowest BCUT2D eigenvalue weighted by molar-refractivity contribution is 0.284. The van der Waals surface area contributed by atoms with Crippen molar-refractivity contribution in [2.24, 2.45) is 0 Å². The van der Waals surface area contributed by atoms with Gasteiger partial charge in [0.25, 0.3) is 0 Å². The Morgan fingerprint density at radius 1 is 1.27 bits per heavy atom. The van der Waals surface area contributed by atoms with Gasteiger partial charge in [0.2, 0.25) is 0 Å². The van der Waals surface area contributed by atoms with Crippen molar-refractivity contribution >= 4 is 0 Å². The zero-order chi connectivity index (χ0) is 8.69. The van der Waals surface area contributed by atoms with Gasteiger partial charge in [0.1, 0.15) is 0 Å². The smallest absolute Gasteiger partial charge is 0.00672 e. The molecule has 68 valence electrons. The molecule has 1 heteroatoms. The number of rotatable bonds is 1. The topological polar surface area (TPSA) is 3.24 Å². The van der Waals surface area contributed by atoms with E-state index in [9.17, 15) is 0 Å². The molecule has 1 atom stereocenters. The molecule has 0 unspecified atom stereocenters. The number of nitrogens with zero attached hydrogens (tertiary/aromatic N) is 1. The van der Waals surface area contributed by atoms with E-state index in [1.165, 1.54) is 32.4 Å². The predicted molar refractivity (Wildman–Crippen MR) is 51.9 cm³/mol. The molecule has 0 spiro atoms. The minimum absolute atomic E-state index is 0.861. The Morgan fingerprint density at radius 3 is 2.00 bits per heavy atom. The van der Waals surface area contributed by atoms with E-state index in [1.807, 2.05) is 0 Å². The van der Waals surface area contributed by atoms with Crippen molar-refractivity contribution in [3.05, 3.63) is 0 Å². The Bertz CT molecular complexity index is 80.9. The highest BCUT2D eigenvalue weighted by molar-refractivity contribution is 4.72. The van der Waals surface area contributed by atoms with Crippen LogP contribution < -0.4 is 0 Å². The van der Waals surface area contributed by atoms with E-state index in [0.29, 0.717) is 0 Å². The Balaban J connectivity index is 0.000000292. The molecule has 0 radical (unpaired) electrons. The normalized spacial score (nSPS) is 24.5. The van der Waals surface area contributed by atoms with E-state index in [4.69, 9.17) is 0 Å². The van der Waals surface area contributed by atoms with Crippen LogP contribution in [0.4, 0.5) is 0 Å². The zero-order valence-corrected chi connectivity index (χ0v) is 8.56. The van der Waals surface area contributed by atoms with Gasteiger partial charge in [0.05, 0.1) is 0 Å². The van der Waals surface area contributed by atoms with E-state index in [-0.39, 0.29) is 0 Å². The Hall–Kier alpha value is -0.0400. The fourth-order valence-corrected chi connectivity index (χ4v) is 1.46. The van der Waals surface area contributed by atoms with Gasteiger partial charge in [-0.15, -0.1) is 0 Å². The van der Waals surface area contributed by atoms with E-state index in [1.54, 1.807) is 0 Å². The molecule has 0 aromatic rings. The summed E-state index contributed by atoms with van der Waals surface area (Å²) in [6.45, 7) is 11.4. The molecular weight excluding hydrogens is 134 g/mol. The third kappa shape index (κ3) is 4.41. The van der Waals surface area contributed by atoms with Gasteiger partial charge in [0.15, 0.2) is 0 Å². The predicted octanol–water partition coefficient (Wildman–Crippen LogP) is 2.91. The van der Waals surface area contributed by atoms with Gasteiger partial charge in [-0.2, -0.15) is 0 Å². The molecule has 0 saturated carbocycles. The molecule has 0 aromatic heterocycles. The SMILES string of the molecule is CCC.CCN1CCC[C@@H]1C. The number of hydrogen-bond acceptors (Lipinski definition) is 1. The monoisotopic (exact) mass is 157 g/mol. The largest absolute Gasteiger partial charge is 0.301 e. The van der Waals surface area contributed by atoms with Crippen LogP contribution in [0, 0.1) is 0 Å². The van der Waals surface area contributed by atoms with Crippen molar-refractivity contribution in [2.75, 3.05) is 13.1 Å². The molecule has 1 rings (SSSR count). The van der Waals surface area contributed by atoms with Crippen molar-refractivity contribution in [1.29, 1.82) is 0 Å². The molecule has 1 saturated heterocycles. The lowest BCUT2D eigenvalue weighted by Crippen LogP contribution is -2.25. The highest BCUT2D eigenvalue weighted by Crippen LogP contribution is 2.14. The second kappa shape index (κ2) is 6.66. The first-order chi connectivity index (χ1) is 5.26. The summed E-state index contributed by atoms with van der Waals surface area (Å²) in [5, 5.41) is 0. The molecule has 1 aliphatic heterocycles. The first-order valence-corrected chi connectivity index (χ1v) is 5.00. The molecule has 11 heavy (non-hydrogen) atoms. The third-order valence-electron chi connectivity index (χ3n) is 2.10. The summed E-state index contributed by atoms with van der Waals surface area (Å²) < 4.78 is 0. The van der Waals surface area contributed by atoms with Crippen LogP contribution in [0.5, 0.6) is 0 Å². The third-order valence-corrected chi connectivity index (χ3v) is 2.10. The van der Waals surface area contributed by atoms with Gasteiger partial charge >= 0.3 is 0 Å². The van der Waals surface area contributed by atoms with Crippen LogP contribution in [0.25, 0.3) is 0 Å². The molecule has 0 aliphatic carbocycles. The van der Waals surface area contributed by atoms with Crippen molar-refractivity contribution < 1.29 is 0 Å². The van der Waals surface area contributed by atoms with Crippen LogP contribution in [0.15, 0.2) is 0 Å². The maximum Gasteiger partial charge on any atom is 0.00672 e. The van der Waals surface area contributed by atoms with E-state index in [0.717, 1.165) is 6.04 Å². The minimum atomic E-state index is 0.861. The van der Waals surface area contributed by atoms with Crippen molar-refractivity contribution in [3.8, 4) is 0 Å². The maximum atomic E-state index is 2.53. The second-order valence-corrected chi connectivity index (χ2v) is 3.33. The Kier molecular flexibility index (Phi) is 6.63. The highest BCUT2D eigenvalue weighted by Gasteiger charge is 2.16. The fraction of sp³-hybridized carbons (Fsp3) is 1.00. The van der Waals surface area contributed by atoms with Gasteiger partial charge < -0.3 is 4.90 Å². The first-order valence-electron chi connectivity index (χ1n) is 5.00. The van der Waals surface area contributed by atoms with Crippen LogP contribution in [0.3, 0.4) is 0 Å². The van der Waals surface area contributed by atoms with Gasteiger partial charge in [-0.3, -0.25) is 0 Å². The summed E-state index contributed by atoms with van der Waals surface area (Å²) in [5.74, 6) is 0. The molecule has 0 bridgehead atoms. The summed E-state index contributed by atoms with van der Waals surface area (Å²) in [6.07, 6.45) is 4.07. The van der Waals surface area contributed by atoms with Gasteiger partial charge in [-0.05, 0) is 32.9 Å². The minimum Gasteiger partial charge on any atom is -0.301 e. The lowest BCUT2D eigenvalue weighted by atomic mass is 10.2. The van der Waals surface area contributed by atoms with E-state index >= 15 is 0 Å². The average molecular weight is 157 g/mol. The van der Waals surface area contributed by atoms with Gasteiger partial charge in [-0.1, -0.05) is 27.2 Å². The Morgan fingerprint density at radius 2 is 1.82 bits per heavy atom. The van der Waals surface area contributed by atoms with Crippen molar-refractivity contribution in [3.63, 3.8) is 0 Å². The number of likely N-dealkylation sites (tertiary alicyclic amines) is 1. The molecule has 1 fully saturated rings. The molecule has 0 N–H and O–H groups in total. The summed E-state index contributed by atoms with van der Waals surface area (Å²) in [4.78, 5) is 2.53. The summed E-state index contributed by atoms with van der Waals surface area (Å²) >= 11 is 0. The van der Waals surface area contributed by atoms with Crippen LogP contribution in [-0.4, -0.2) is 24.0 Å². The van der Waals surface area contributed by atoms with E-state index < -0.39 is 0 Å². The molecule has 1 heterocycles. The Labute approximate surface area is 71.8 Å². The van der Waals surface area contributed by atoms with Gasteiger partial charge in [-0.25, -0.2) is 0 Å². The molecule has 0 aromatic carbocycles. The zero-order valence-electron chi connectivity index (χ0n) is 8.56. The van der Waals surface area contributed by atoms with Crippen LogP contribution in [0.1, 0.15) is 47.0 Å². The standard InChI is InChI=1S/C7H15N.C3H8/c1-3-8-6-4-5-7(8)2;1-3-2/h7H,3-6H2,1-2H3;3H2,1-2H3/t7-;/m0./s1. The van der Waals surface area contributed by atoms with Crippen molar-refractivity contribution in [2.45, 2.75) is 53.0 Å². The van der Waals surface area contributed by atoms with Crippen molar-refractivity contribution in [1.82, 2.24) is 4.90 Å². The maximum absolute atomic E-state index is 2.53. The fourth-order valence-electron chi connectivity index (χ4n) is 1.46. The number of hydrogen-bond donors (Lipinski definition) is 0. The molecule has 0 amide bonds. The van der Waals surface area contributed by atoms with E-state index in [2.05, 4.69) is 32.6 Å². The molecular formula is C10H23N.